The third kappa shape index (κ3) is 5.05. The molecule has 0 aliphatic heterocycles. The number of nitrogens with one attached hydrogen (secondary N) is 1. The van der Waals surface area contributed by atoms with E-state index < -0.39 is 4.92 Å². The molecule has 0 saturated heterocycles. The summed E-state index contributed by atoms with van der Waals surface area (Å²) in [6.45, 7) is 5.88. The van der Waals surface area contributed by atoms with Gasteiger partial charge in [0.1, 0.15) is 0 Å². The van der Waals surface area contributed by atoms with Crippen LogP contribution < -0.4 is 10.1 Å². The molecule has 0 saturated carbocycles. The number of carbonyl (C=O) groups excluding carboxylic acids is 1. The maximum atomic E-state index is 12.3. The minimum Gasteiger partial charge on any atom is -0.477 e. The van der Waals surface area contributed by atoms with Gasteiger partial charge < -0.3 is 10.1 Å². The van der Waals surface area contributed by atoms with Gasteiger partial charge in [0.25, 0.3) is 5.91 Å². The molecular weight excluding hydrogens is 332 g/mol. The first-order chi connectivity index (χ1) is 12.4. The Morgan fingerprint density at radius 3 is 2.38 bits per heavy atom. The Hall–Kier alpha value is -2.89. The SMILES string of the molecule is CCc1ccc([C@@H](NC(=O)COc2ccccc2[N+](=O)[O-])C(C)C)cc1. The number of aryl methyl sites for hydroxylation is 1. The highest BCUT2D eigenvalue weighted by Crippen LogP contribution is 2.26. The van der Waals surface area contributed by atoms with Gasteiger partial charge in [-0.05, 0) is 29.5 Å². The Morgan fingerprint density at radius 1 is 1.15 bits per heavy atom. The van der Waals surface area contributed by atoms with Crippen molar-refractivity contribution in [1.29, 1.82) is 0 Å². The zero-order valence-electron chi connectivity index (χ0n) is 15.3. The first kappa shape index (κ1) is 19.4. The fourth-order valence-corrected chi connectivity index (χ4v) is 2.68. The highest BCUT2D eigenvalue weighted by atomic mass is 16.6. The standard InChI is InChI=1S/C20H24N2O4/c1-4-15-9-11-16(12-10-15)20(14(2)3)21-19(23)13-26-18-8-6-5-7-17(18)22(24)25/h5-12,14,20H,4,13H2,1-3H3,(H,21,23)/t20-/m0/s1. The lowest BCUT2D eigenvalue weighted by molar-refractivity contribution is -0.385. The number of carbonyl (C=O) groups is 1. The molecule has 1 amide bonds. The first-order valence-electron chi connectivity index (χ1n) is 8.66. The maximum absolute atomic E-state index is 12.3. The van der Waals surface area contributed by atoms with E-state index in [2.05, 4.69) is 24.4 Å². The van der Waals surface area contributed by atoms with Crippen LogP contribution in [0.2, 0.25) is 0 Å². The molecule has 138 valence electrons. The third-order valence-corrected chi connectivity index (χ3v) is 4.15. The number of nitrogens with zero attached hydrogens (tertiary/aromatic N) is 1. The number of hydrogen-bond acceptors (Lipinski definition) is 4. The van der Waals surface area contributed by atoms with Crippen molar-refractivity contribution in [2.75, 3.05) is 6.61 Å². The van der Waals surface area contributed by atoms with Crippen LogP contribution >= 0.6 is 0 Å². The average Bonchev–Trinajstić information content (AvgIpc) is 2.64. The van der Waals surface area contributed by atoms with Gasteiger partial charge in [0.05, 0.1) is 11.0 Å². The molecule has 0 fully saturated rings. The van der Waals surface area contributed by atoms with Gasteiger partial charge in [0, 0.05) is 6.07 Å². The van der Waals surface area contributed by atoms with Crippen molar-refractivity contribution in [2.45, 2.75) is 33.2 Å². The van der Waals surface area contributed by atoms with Crippen LogP contribution in [-0.4, -0.2) is 17.4 Å². The highest BCUT2D eigenvalue weighted by Gasteiger charge is 2.20. The van der Waals surface area contributed by atoms with Gasteiger partial charge in [0.2, 0.25) is 0 Å². The van der Waals surface area contributed by atoms with E-state index in [0.29, 0.717) is 0 Å². The van der Waals surface area contributed by atoms with E-state index in [1.807, 2.05) is 26.0 Å². The summed E-state index contributed by atoms with van der Waals surface area (Å²) in [5, 5.41) is 14.0. The van der Waals surface area contributed by atoms with Crippen LogP contribution in [0.5, 0.6) is 5.75 Å². The van der Waals surface area contributed by atoms with Crippen LogP contribution in [0.3, 0.4) is 0 Å². The number of rotatable bonds is 8. The van der Waals surface area contributed by atoms with Gasteiger partial charge in [0.15, 0.2) is 12.4 Å². The summed E-state index contributed by atoms with van der Waals surface area (Å²) >= 11 is 0. The van der Waals surface area contributed by atoms with Crippen molar-refractivity contribution in [3.63, 3.8) is 0 Å². The molecular formula is C20H24N2O4. The van der Waals surface area contributed by atoms with Gasteiger partial charge in [-0.25, -0.2) is 0 Å². The van der Waals surface area contributed by atoms with Crippen LogP contribution in [0.25, 0.3) is 0 Å². The van der Waals surface area contributed by atoms with E-state index in [1.165, 1.54) is 17.7 Å². The molecule has 0 spiro atoms. The summed E-state index contributed by atoms with van der Waals surface area (Å²) in [6.07, 6.45) is 0.961. The highest BCUT2D eigenvalue weighted by molar-refractivity contribution is 5.78. The number of nitro groups is 1. The maximum Gasteiger partial charge on any atom is 0.310 e. The molecule has 0 aliphatic carbocycles. The molecule has 2 rings (SSSR count). The molecule has 6 nitrogen and oxygen atoms in total. The van der Waals surface area contributed by atoms with Crippen molar-refractivity contribution in [3.8, 4) is 5.75 Å². The predicted molar refractivity (Wildman–Crippen MR) is 100 cm³/mol. The van der Waals surface area contributed by atoms with Crippen LogP contribution in [0, 0.1) is 16.0 Å². The molecule has 0 radical (unpaired) electrons. The average molecular weight is 356 g/mol. The second kappa shape index (κ2) is 8.99. The van der Waals surface area contributed by atoms with E-state index in [4.69, 9.17) is 4.74 Å². The number of nitro benzene ring substituents is 1. The van der Waals surface area contributed by atoms with Crippen molar-refractivity contribution in [3.05, 3.63) is 69.8 Å². The Morgan fingerprint density at radius 2 is 1.81 bits per heavy atom. The normalized spacial score (nSPS) is 11.8. The second-order valence-electron chi connectivity index (χ2n) is 6.40. The zero-order chi connectivity index (χ0) is 19.1. The Kier molecular flexibility index (Phi) is 6.72. The summed E-state index contributed by atoms with van der Waals surface area (Å²) in [5.41, 5.74) is 2.11. The van der Waals surface area contributed by atoms with E-state index in [0.717, 1.165) is 12.0 Å². The first-order valence-corrected chi connectivity index (χ1v) is 8.66. The monoisotopic (exact) mass is 356 g/mol. The molecule has 1 N–H and O–H groups in total. The lowest BCUT2D eigenvalue weighted by Crippen LogP contribution is -2.35. The summed E-state index contributed by atoms with van der Waals surface area (Å²) in [4.78, 5) is 22.8. The van der Waals surface area contributed by atoms with Crippen LogP contribution in [0.4, 0.5) is 5.69 Å². The predicted octanol–water partition coefficient (Wildman–Crippen LogP) is 4.05. The van der Waals surface area contributed by atoms with Gasteiger partial charge in [-0.1, -0.05) is 57.2 Å². The van der Waals surface area contributed by atoms with Gasteiger partial charge in [-0.3, -0.25) is 14.9 Å². The fraction of sp³-hybridized carbons (Fsp3) is 0.350. The largest absolute Gasteiger partial charge is 0.477 e. The Labute approximate surface area is 153 Å². The molecule has 0 heterocycles. The van der Waals surface area contributed by atoms with E-state index >= 15 is 0 Å². The van der Waals surface area contributed by atoms with Crippen molar-refractivity contribution in [1.82, 2.24) is 5.32 Å². The fourth-order valence-electron chi connectivity index (χ4n) is 2.68. The van der Waals surface area contributed by atoms with E-state index in [-0.39, 0.29) is 35.9 Å². The molecule has 0 aromatic heterocycles. The molecule has 0 aliphatic rings. The molecule has 2 aromatic carbocycles. The summed E-state index contributed by atoms with van der Waals surface area (Å²) < 4.78 is 5.36. The number of hydrogen-bond donors (Lipinski definition) is 1. The summed E-state index contributed by atoms with van der Waals surface area (Å²) in [7, 11) is 0. The number of benzene rings is 2. The zero-order valence-corrected chi connectivity index (χ0v) is 15.3. The van der Waals surface area contributed by atoms with Crippen molar-refractivity contribution < 1.29 is 14.5 Å². The van der Waals surface area contributed by atoms with Crippen molar-refractivity contribution in [2.24, 2.45) is 5.92 Å². The molecule has 0 unspecified atom stereocenters. The van der Waals surface area contributed by atoms with Crippen LogP contribution in [0.1, 0.15) is 37.9 Å². The molecule has 2 aromatic rings. The smallest absolute Gasteiger partial charge is 0.310 e. The summed E-state index contributed by atoms with van der Waals surface area (Å²) in [5.74, 6) is -0.0417. The summed E-state index contributed by atoms with van der Waals surface area (Å²) in [6, 6.07) is 14.0. The lowest BCUT2D eigenvalue weighted by Gasteiger charge is -2.23. The van der Waals surface area contributed by atoms with Gasteiger partial charge in [-0.2, -0.15) is 0 Å². The van der Waals surface area contributed by atoms with E-state index in [9.17, 15) is 14.9 Å². The topological polar surface area (TPSA) is 81.5 Å². The Balaban J connectivity index is 2.03. The minimum atomic E-state index is -0.528. The second-order valence-corrected chi connectivity index (χ2v) is 6.40. The van der Waals surface area contributed by atoms with Gasteiger partial charge >= 0.3 is 5.69 Å². The van der Waals surface area contributed by atoms with Gasteiger partial charge in [-0.15, -0.1) is 0 Å². The lowest BCUT2D eigenvalue weighted by atomic mass is 9.95. The van der Waals surface area contributed by atoms with Crippen LogP contribution in [0.15, 0.2) is 48.5 Å². The quantitative estimate of drug-likeness (QED) is 0.571. The van der Waals surface area contributed by atoms with Crippen LogP contribution in [-0.2, 0) is 11.2 Å². The number of amides is 1. The molecule has 26 heavy (non-hydrogen) atoms. The van der Waals surface area contributed by atoms with E-state index in [1.54, 1.807) is 12.1 Å². The Bertz CT molecular complexity index is 757. The number of ether oxygens (including phenoxy) is 1. The third-order valence-electron chi connectivity index (χ3n) is 4.15. The molecule has 0 bridgehead atoms. The minimum absolute atomic E-state index is 0.0843. The van der Waals surface area contributed by atoms with Crippen molar-refractivity contribution >= 4 is 11.6 Å². The molecule has 1 atom stereocenters. The molecule has 6 heteroatoms. The number of para-hydroxylation sites is 2.